The summed E-state index contributed by atoms with van der Waals surface area (Å²) in [5.41, 5.74) is 0. The van der Waals surface area contributed by atoms with Crippen LogP contribution in [-0.2, 0) is 14.3 Å². The first kappa shape index (κ1) is 42.8. The number of carbonyl (C=O) groups is 1. The SMILES string of the molecule is CC/C=C\C/C=C\C/C=C\C/C=C\C/C=C\C/C=C\CCCCCCCCCOCC(CO)OC(=O)CCCCCCCCC. The predicted octanol–water partition coefficient (Wildman–Crippen LogP) is 11.9. The van der Waals surface area contributed by atoms with Crippen LogP contribution in [0.1, 0.15) is 155 Å². The highest BCUT2D eigenvalue weighted by atomic mass is 16.6. The summed E-state index contributed by atoms with van der Waals surface area (Å²) in [5.74, 6) is -0.216. The maximum atomic E-state index is 12.0. The van der Waals surface area contributed by atoms with Gasteiger partial charge in [-0.05, 0) is 64.2 Å². The molecule has 0 rings (SSSR count). The lowest BCUT2D eigenvalue weighted by molar-refractivity contribution is -0.154. The second-order valence-electron chi connectivity index (χ2n) is 11.9. The van der Waals surface area contributed by atoms with Crippen molar-refractivity contribution in [1.29, 1.82) is 0 Å². The fourth-order valence-electron chi connectivity index (χ4n) is 4.80. The van der Waals surface area contributed by atoms with Crippen LogP contribution in [0.3, 0.4) is 0 Å². The van der Waals surface area contributed by atoms with E-state index in [1.807, 2.05) is 0 Å². The van der Waals surface area contributed by atoms with Gasteiger partial charge in [-0.15, -0.1) is 0 Å². The lowest BCUT2D eigenvalue weighted by Gasteiger charge is -2.15. The lowest BCUT2D eigenvalue weighted by Crippen LogP contribution is -2.27. The number of carbonyl (C=O) groups excluding carboxylic acids is 1. The summed E-state index contributed by atoms with van der Waals surface area (Å²) in [6, 6.07) is 0. The molecule has 0 bridgehead atoms. The predicted molar refractivity (Wildman–Crippen MR) is 196 cm³/mol. The minimum absolute atomic E-state index is 0.179. The van der Waals surface area contributed by atoms with Crippen LogP contribution in [0.15, 0.2) is 72.9 Å². The van der Waals surface area contributed by atoms with Crippen LogP contribution < -0.4 is 0 Å². The van der Waals surface area contributed by atoms with Gasteiger partial charge in [0.15, 0.2) is 0 Å². The Kier molecular flexibility index (Phi) is 36.2. The molecule has 1 N–H and O–H groups in total. The Morgan fingerprint density at radius 1 is 0.556 bits per heavy atom. The molecule has 0 aliphatic carbocycles. The van der Waals surface area contributed by atoms with E-state index in [2.05, 4.69) is 86.8 Å². The molecule has 0 heterocycles. The first-order valence-electron chi connectivity index (χ1n) is 18.5. The molecule has 0 saturated carbocycles. The van der Waals surface area contributed by atoms with Crippen LogP contribution in [0.5, 0.6) is 0 Å². The Morgan fingerprint density at radius 3 is 1.51 bits per heavy atom. The molecule has 258 valence electrons. The number of ether oxygens (including phenoxy) is 2. The summed E-state index contributed by atoms with van der Waals surface area (Å²) >= 11 is 0. The second kappa shape index (κ2) is 38.0. The third-order valence-corrected chi connectivity index (χ3v) is 7.55. The molecule has 1 unspecified atom stereocenters. The number of unbranched alkanes of at least 4 members (excludes halogenated alkanes) is 13. The van der Waals surface area contributed by atoms with Crippen molar-refractivity contribution in [3.8, 4) is 0 Å². The van der Waals surface area contributed by atoms with Gasteiger partial charge in [0.2, 0.25) is 0 Å². The number of allylic oxidation sites excluding steroid dienone is 12. The van der Waals surface area contributed by atoms with Crippen molar-refractivity contribution >= 4 is 5.97 Å². The molecule has 0 aliphatic rings. The van der Waals surface area contributed by atoms with Crippen molar-refractivity contribution in [3.63, 3.8) is 0 Å². The van der Waals surface area contributed by atoms with Crippen LogP contribution in [0, 0.1) is 0 Å². The summed E-state index contributed by atoms with van der Waals surface area (Å²) in [7, 11) is 0. The van der Waals surface area contributed by atoms with Gasteiger partial charge in [-0.3, -0.25) is 4.79 Å². The number of esters is 1. The van der Waals surface area contributed by atoms with Gasteiger partial charge < -0.3 is 14.6 Å². The van der Waals surface area contributed by atoms with Gasteiger partial charge in [0, 0.05) is 13.0 Å². The van der Waals surface area contributed by atoms with Crippen molar-refractivity contribution in [2.75, 3.05) is 19.8 Å². The van der Waals surface area contributed by atoms with Gasteiger partial charge >= 0.3 is 5.97 Å². The van der Waals surface area contributed by atoms with Gasteiger partial charge in [0.25, 0.3) is 0 Å². The van der Waals surface area contributed by atoms with Crippen LogP contribution in [0.4, 0.5) is 0 Å². The summed E-state index contributed by atoms with van der Waals surface area (Å²) in [4.78, 5) is 12.0. The fourth-order valence-corrected chi connectivity index (χ4v) is 4.80. The molecule has 0 radical (unpaired) electrons. The van der Waals surface area contributed by atoms with Crippen molar-refractivity contribution in [2.24, 2.45) is 0 Å². The van der Waals surface area contributed by atoms with E-state index in [-0.39, 0.29) is 19.2 Å². The molecular formula is C41H70O4. The molecule has 1 atom stereocenters. The Morgan fingerprint density at radius 2 is 1.00 bits per heavy atom. The highest BCUT2D eigenvalue weighted by Gasteiger charge is 2.13. The zero-order valence-corrected chi connectivity index (χ0v) is 29.4. The summed E-state index contributed by atoms with van der Waals surface area (Å²) in [5, 5.41) is 9.50. The van der Waals surface area contributed by atoms with Gasteiger partial charge in [-0.25, -0.2) is 0 Å². The van der Waals surface area contributed by atoms with Crippen LogP contribution in [0.25, 0.3) is 0 Å². The average Bonchev–Trinajstić information content (AvgIpc) is 3.05. The van der Waals surface area contributed by atoms with Gasteiger partial charge in [0.05, 0.1) is 13.2 Å². The van der Waals surface area contributed by atoms with E-state index in [1.165, 1.54) is 70.6 Å². The second-order valence-corrected chi connectivity index (χ2v) is 11.9. The zero-order valence-electron chi connectivity index (χ0n) is 29.4. The Labute approximate surface area is 278 Å². The van der Waals surface area contributed by atoms with E-state index in [4.69, 9.17) is 9.47 Å². The van der Waals surface area contributed by atoms with E-state index in [1.54, 1.807) is 0 Å². The quantitative estimate of drug-likeness (QED) is 0.0447. The zero-order chi connectivity index (χ0) is 32.7. The van der Waals surface area contributed by atoms with Gasteiger partial charge in [-0.2, -0.15) is 0 Å². The molecule has 0 fully saturated rings. The van der Waals surface area contributed by atoms with E-state index >= 15 is 0 Å². The minimum atomic E-state index is -0.539. The molecule has 45 heavy (non-hydrogen) atoms. The van der Waals surface area contributed by atoms with Crippen LogP contribution >= 0.6 is 0 Å². The topological polar surface area (TPSA) is 55.8 Å². The van der Waals surface area contributed by atoms with E-state index in [0.29, 0.717) is 13.0 Å². The van der Waals surface area contributed by atoms with Crippen LogP contribution in [0.2, 0.25) is 0 Å². The fraction of sp³-hybridized carbons (Fsp3) is 0.683. The van der Waals surface area contributed by atoms with E-state index in [0.717, 1.165) is 64.2 Å². The molecule has 0 aromatic rings. The Bertz CT molecular complexity index is 789. The monoisotopic (exact) mass is 627 g/mol. The molecule has 0 aliphatic heterocycles. The van der Waals surface area contributed by atoms with Gasteiger partial charge in [0.1, 0.15) is 6.10 Å². The largest absolute Gasteiger partial charge is 0.457 e. The Balaban J connectivity index is 3.50. The van der Waals surface area contributed by atoms with Crippen LogP contribution in [-0.4, -0.2) is 37.0 Å². The molecule has 0 amide bonds. The summed E-state index contributed by atoms with van der Waals surface area (Å²) in [6.45, 7) is 5.15. The highest BCUT2D eigenvalue weighted by molar-refractivity contribution is 5.69. The standard InChI is InChI=1S/C41H70O4/c1-3-5-7-9-11-12-13-14-15-16-17-18-19-20-21-22-23-24-25-26-27-28-29-31-33-35-37-44-39-40(38-42)45-41(43)36-34-32-30-10-8-6-4-2/h5,7,11-12,14-15,17-18,20-21,23-24,40,42H,3-4,6,8-10,13,16,19,22,25-39H2,1-2H3/b7-5-,12-11-,15-14-,18-17-,21-20-,24-23-. The van der Waals surface area contributed by atoms with E-state index in [9.17, 15) is 9.90 Å². The third-order valence-electron chi connectivity index (χ3n) is 7.55. The first-order chi connectivity index (χ1) is 22.2. The van der Waals surface area contributed by atoms with E-state index < -0.39 is 6.10 Å². The average molecular weight is 627 g/mol. The molecule has 0 aromatic carbocycles. The number of aliphatic hydroxyl groups is 1. The molecule has 4 nitrogen and oxygen atoms in total. The maximum Gasteiger partial charge on any atom is 0.306 e. The van der Waals surface area contributed by atoms with Crippen molar-refractivity contribution in [2.45, 2.75) is 161 Å². The van der Waals surface area contributed by atoms with Crippen molar-refractivity contribution < 1.29 is 19.4 Å². The highest BCUT2D eigenvalue weighted by Crippen LogP contribution is 2.11. The van der Waals surface area contributed by atoms with Crippen molar-refractivity contribution in [3.05, 3.63) is 72.9 Å². The number of hydrogen-bond acceptors (Lipinski definition) is 4. The molecular weight excluding hydrogens is 556 g/mol. The summed E-state index contributed by atoms with van der Waals surface area (Å²) in [6.07, 6.45) is 51.0. The minimum Gasteiger partial charge on any atom is -0.457 e. The maximum absolute atomic E-state index is 12.0. The molecule has 0 spiro atoms. The third kappa shape index (κ3) is 36.2. The smallest absolute Gasteiger partial charge is 0.306 e. The summed E-state index contributed by atoms with van der Waals surface area (Å²) < 4.78 is 11.0. The lowest BCUT2D eigenvalue weighted by atomic mass is 10.1. The molecule has 0 aromatic heterocycles. The molecule has 0 saturated heterocycles. The molecule has 4 heteroatoms. The number of rotatable bonds is 33. The number of hydrogen-bond donors (Lipinski definition) is 1. The van der Waals surface area contributed by atoms with Crippen molar-refractivity contribution in [1.82, 2.24) is 0 Å². The first-order valence-corrected chi connectivity index (χ1v) is 18.5. The Hall–Kier alpha value is -2.17. The number of aliphatic hydroxyl groups excluding tert-OH is 1. The normalized spacial score (nSPS) is 13.2. The van der Waals surface area contributed by atoms with Gasteiger partial charge in [-0.1, -0.05) is 157 Å².